The van der Waals surface area contributed by atoms with E-state index >= 15 is 0 Å². The second-order valence-corrected chi connectivity index (χ2v) is 8.82. The van der Waals surface area contributed by atoms with Gasteiger partial charge in [-0.1, -0.05) is 59.6 Å². The van der Waals surface area contributed by atoms with E-state index in [1.807, 2.05) is 30.3 Å². The summed E-state index contributed by atoms with van der Waals surface area (Å²) in [6.07, 6.45) is 0.412. The number of allylic oxidation sites excluding steroid dienone is 3. The van der Waals surface area contributed by atoms with Gasteiger partial charge in [-0.2, -0.15) is 5.26 Å². The number of dihydropyridines is 1. The van der Waals surface area contributed by atoms with Gasteiger partial charge in [0.05, 0.1) is 28.3 Å². The highest BCUT2D eigenvalue weighted by Gasteiger charge is 2.35. The van der Waals surface area contributed by atoms with Gasteiger partial charge in [0.25, 0.3) is 5.91 Å². The highest BCUT2D eigenvalue weighted by Crippen LogP contribution is 2.42. The van der Waals surface area contributed by atoms with E-state index < -0.39 is 23.5 Å². The van der Waals surface area contributed by atoms with E-state index in [0.29, 0.717) is 23.4 Å². The van der Waals surface area contributed by atoms with E-state index in [0.717, 1.165) is 17.7 Å². The average molecular weight is 510 g/mol. The maximum absolute atomic E-state index is 13.8. The van der Waals surface area contributed by atoms with Crippen molar-refractivity contribution in [2.75, 3.05) is 5.32 Å². The van der Waals surface area contributed by atoms with Crippen molar-refractivity contribution in [3.05, 3.63) is 122 Å². The topological polar surface area (TPSA) is 64.9 Å². The first-order valence-electron chi connectivity index (χ1n) is 10.6. The Balaban J connectivity index is 1.82. The Labute approximate surface area is 211 Å². The van der Waals surface area contributed by atoms with Crippen LogP contribution >= 0.6 is 23.2 Å². The third kappa shape index (κ3) is 5.22. The van der Waals surface area contributed by atoms with Gasteiger partial charge in [0.15, 0.2) is 0 Å². The van der Waals surface area contributed by atoms with Gasteiger partial charge in [0, 0.05) is 28.4 Å². The molecule has 0 spiro atoms. The zero-order chi connectivity index (χ0) is 25.1. The van der Waals surface area contributed by atoms with Crippen LogP contribution in [0, 0.1) is 23.0 Å². The summed E-state index contributed by atoms with van der Waals surface area (Å²) in [7, 11) is 0. The van der Waals surface area contributed by atoms with Gasteiger partial charge in [-0.3, -0.25) is 4.79 Å². The lowest BCUT2D eigenvalue weighted by molar-refractivity contribution is -0.113. The minimum atomic E-state index is -0.868. The molecule has 2 N–H and O–H groups in total. The third-order valence-corrected chi connectivity index (χ3v) is 6.33. The standard InChI is InChI=1S/C27H19Cl2F2N3O/c1-15-25(27(35)34-23-10-8-18(31)13-22(23)29)26(19-9-7-17(30)12-21(19)28)20(14-32)24(33-15)11-16-5-3-2-4-6-16/h2-10,12-13,26,33H,11H2,1H3,(H,34,35). The Bertz CT molecular complexity index is 1410. The summed E-state index contributed by atoms with van der Waals surface area (Å²) in [5.74, 6) is -2.50. The van der Waals surface area contributed by atoms with Crippen LogP contribution in [0.1, 0.15) is 24.0 Å². The second kappa shape index (κ2) is 10.3. The molecule has 0 fully saturated rings. The van der Waals surface area contributed by atoms with E-state index in [2.05, 4.69) is 16.7 Å². The van der Waals surface area contributed by atoms with Gasteiger partial charge >= 0.3 is 0 Å². The third-order valence-electron chi connectivity index (χ3n) is 5.69. The number of nitrogens with zero attached hydrogens (tertiary/aromatic N) is 1. The first kappa shape index (κ1) is 24.5. The highest BCUT2D eigenvalue weighted by molar-refractivity contribution is 6.34. The second-order valence-electron chi connectivity index (χ2n) is 8.01. The number of benzene rings is 3. The van der Waals surface area contributed by atoms with Crippen molar-refractivity contribution in [3.8, 4) is 6.07 Å². The molecule has 1 unspecified atom stereocenters. The van der Waals surface area contributed by atoms with Gasteiger partial charge < -0.3 is 10.6 Å². The van der Waals surface area contributed by atoms with Crippen LogP contribution in [0.5, 0.6) is 0 Å². The van der Waals surface area contributed by atoms with Crippen LogP contribution in [-0.4, -0.2) is 5.91 Å². The normalized spacial score (nSPS) is 15.5. The molecule has 0 bridgehead atoms. The lowest BCUT2D eigenvalue weighted by Crippen LogP contribution is -2.32. The number of carbonyl (C=O) groups excluding carboxylic acids is 1. The van der Waals surface area contributed by atoms with Crippen LogP contribution in [0.3, 0.4) is 0 Å². The molecule has 0 saturated heterocycles. The maximum atomic E-state index is 13.8. The van der Waals surface area contributed by atoms with Crippen LogP contribution in [0.25, 0.3) is 0 Å². The van der Waals surface area contributed by atoms with Crippen molar-refractivity contribution in [1.82, 2.24) is 5.32 Å². The Morgan fingerprint density at radius 2 is 1.69 bits per heavy atom. The Kier molecular flexibility index (Phi) is 7.20. The van der Waals surface area contributed by atoms with Gasteiger partial charge in [0.1, 0.15) is 11.6 Å². The minimum absolute atomic E-state index is 0.0255. The molecular weight excluding hydrogens is 491 g/mol. The number of hydrogen-bond acceptors (Lipinski definition) is 3. The predicted octanol–water partition coefficient (Wildman–Crippen LogP) is 6.89. The maximum Gasteiger partial charge on any atom is 0.254 e. The molecule has 1 aliphatic rings. The largest absolute Gasteiger partial charge is 0.361 e. The van der Waals surface area contributed by atoms with E-state index in [1.165, 1.54) is 24.3 Å². The smallest absolute Gasteiger partial charge is 0.254 e. The molecule has 0 aromatic heterocycles. The SMILES string of the molecule is CC1=C(C(=O)Nc2ccc(F)cc2Cl)C(c2ccc(F)cc2Cl)C(C#N)=C(Cc2ccccc2)N1. The first-order valence-corrected chi connectivity index (χ1v) is 11.4. The lowest BCUT2D eigenvalue weighted by atomic mass is 9.79. The Morgan fingerprint density at radius 3 is 2.31 bits per heavy atom. The number of carbonyl (C=O) groups is 1. The van der Waals surface area contributed by atoms with Crippen molar-refractivity contribution < 1.29 is 13.6 Å². The number of halogens is 4. The molecule has 4 rings (SSSR count). The lowest BCUT2D eigenvalue weighted by Gasteiger charge is -2.31. The molecule has 3 aromatic carbocycles. The summed E-state index contributed by atoms with van der Waals surface area (Å²) < 4.78 is 27.3. The quantitative estimate of drug-likeness (QED) is 0.393. The predicted molar refractivity (Wildman–Crippen MR) is 133 cm³/mol. The minimum Gasteiger partial charge on any atom is -0.361 e. The van der Waals surface area contributed by atoms with Crippen LogP contribution in [0.4, 0.5) is 14.5 Å². The molecule has 8 heteroatoms. The van der Waals surface area contributed by atoms with E-state index in [9.17, 15) is 18.8 Å². The van der Waals surface area contributed by atoms with E-state index in [4.69, 9.17) is 23.2 Å². The van der Waals surface area contributed by atoms with Crippen LogP contribution in [0.2, 0.25) is 10.0 Å². The van der Waals surface area contributed by atoms with Crippen molar-refractivity contribution in [2.24, 2.45) is 0 Å². The number of hydrogen-bond donors (Lipinski definition) is 2. The molecule has 1 aliphatic heterocycles. The number of rotatable bonds is 5. The van der Waals surface area contributed by atoms with Crippen LogP contribution in [0.15, 0.2) is 89.3 Å². The first-order chi connectivity index (χ1) is 16.8. The molecule has 1 heterocycles. The van der Waals surface area contributed by atoms with Crippen LogP contribution < -0.4 is 10.6 Å². The summed E-state index contributed by atoms with van der Waals surface area (Å²) in [6, 6.07) is 19.2. The molecular formula is C27H19Cl2F2N3O. The summed E-state index contributed by atoms with van der Waals surface area (Å²) in [6.45, 7) is 1.71. The zero-order valence-electron chi connectivity index (χ0n) is 18.5. The molecule has 35 heavy (non-hydrogen) atoms. The molecule has 0 saturated carbocycles. The number of nitrogens with one attached hydrogen (secondary N) is 2. The highest BCUT2D eigenvalue weighted by atomic mass is 35.5. The fourth-order valence-electron chi connectivity index (χ4n) is 4.10. The molecule has 0 radical (unpaired) electrons. The van der Waals surface area contributed by atoms with E-state index in [-0.39, 0.29) is 26.9 Å². The number of anilines is 1. The number of nitriles is 1. The summed E-state index contributed by atoms with van der Waals surface area (Å²) >= 11 is 12.5. The monoisotopic (exact) mass is 509 g/mol. The molecule has 4 nitrogen and oxygen atoms in total. The van der Waals surface area contributed by atoms with Crippen molar-refractivity contribution in [2.45, 2.75) is 19.3 Å². The average Bonchev–Trinajstić information content (AvgIpc) is 2.81. The molecule has 176 valence electrons. The molecule has 1 atom stereocenters. The Hall–Kier alpha value is -3.66. The summed E-state index contributed by atoms with van der Waals surface area (Å²) in [4.78, 5) is 13.5. The Morgan fingerprint density at radius 1 is 1.03 bits per heavy atom. The molecule has 1 amide bonds. The van der Waals surface area contributed by atoms with Gasteiger partial charge in [-0.05, 0) is 48.4 Å². The zero-order valence-corrected chi connectivity index (χ0v) is 20.0. The van der Waals surface area contributed by atoms with Crippen molar-refractivity contribution in [1.29, 1.82) is 5.26 Å². The van der Waals surface area contributed by atoms with Crippen LogP contribution in [-0.2, 0) is 11.2 Å². The van der Waals surface area contributed by atoms with Gasteiger partial charge in [0.2, 0.25) is 0 Å². The van der Waals surface area contributed by atoms with Crippen molar-refractivity contribution >= 4 is 34.8 Å². The number of amides is 1. The molecule has 0 aliphatic carbocycles. The fourth-order valence-corrected chi connectivity index (χ4v) is 4.59. The fraction of sp³-hybridized carbons (Fsp3) is 0.111. The summed E-state index contributed by atoms with van der Waals surface area (Å²) in [5, 5.41) is 16.2. The summed E-state index contributed by atoms with van der Waals surface area (Å²) in [5.41, 5.74) is 3.18. The van der Waals surface area contributed by atoms with E-state index in [1.54, 1.807) is 6.92 Å². The molecule has 3 aromatic rings. The van der Waals surface area contributed by atoms with Crippen molar-refractivity contribution in [3.63, 3.8) is 0 Å². The van der Waals surface area contributed by atoms with Gasteiger partial charge in [-0.25, -0.2) is 8.78 Å². The van der Waals surface area contributed by atoms with Gasteiger partial charge in [-0.15, -0.1) is 0 Å².